The van der Waals surface area contributed by atoms with Crippen LogP contribution in [0, 0.1) is 0 Å². The molecule has 3 N–H and O–H groups in total. The van der Waals surface area contributed by atoms with Crippen LogP contribution >= 0.6 is 0 Å². The normalized spacial score (nSPS) is 11.8. The van der Waals surface area contributed by atoms with Crippen molar-refractivity contribution in [2.24, 2.45) is 0 Å². The summed E-state index contributed by atoms with van der Waals surface area (Å²) >= 11 is 0. The summed E-state index contributed by atoms with van der Waals surface area (Å²) in [5.74, 6) is -2.68. The molecular formula is C24H16F6N6O3. The molecule has 0 saturated heterocycles. The first-order valence-corrected chi connectivity index (χ1v) is 11.0. The molecule has 0 aliphatic heterocycles. The van der Waals surface area contributed by atoms with Gasteiger partial charge in [-0.2, -0.15) is 26.3 Å². The molecule has 0 spiro atoms. The molecule has 4 aromatic rings. The highest BCUT2D eigenvalue weighted by Gasteiger charge is 2.35. The van der Waals surface area contributed by atoms with Gasteiger partial charge in [0.15, 0.2) is 5.65 Å². The van der Waals surface area contributed by atoms with Crippen LogP contribution in [-0.4, -0.2) is 43.5 Å². The number of carboxylic acids is 1. The van der Waals surface area contributed by atoms with Crippen LogP contribution in [0.2, 0.25) is 0 Å². The van der Waals surface area contributed by atoms with Gasteiger partial charge in [0, 0.05) is 18.4 Å². The predicted octanol–water partition coefficient (Wildman–Crippen LogP) is 5.07. The Labute approximate surface area is 215 Å². The number of fused-ring (bicyclic) bond motifs is 1. The zero-order valence-electron chi connectivity index (χ0n) is 19.4. The minimum absolute atomic E-state index is 0.0840. The Morgan fingerprint density at radius 2 is 1.59 bits per heavy atom. The molecule has 3 heterocycles. The highest BCUT2D eigenvalue weighted by atomic mass is 19.4. The second-order valence-corrected chi connectivity index (χ2v) is 7.96. The number of aromatic nitrogens is 4. The third kappa shape index (κ3) is 6.37. The average molecular weight is 550 g/mol. The van der Waals surface area contributed by atoms with Crippen molar-refractivity contribution >= 4 is 34.4 Å². The number of alkyl halides is 6. The van der Waals surface area contributed by atoms with Crippen molar-refractivity contribution in [3.8, 4) is 11.4 Å². The first-order chi connectivity index (χ1) is 18.3. The number of carbonyl (C=O) groups is 2. The Hall–Kier alpha value is -4.82. The predicted molar refractivity (Wildman–Crippen MR) is 125 cm³/mol. The standard InChI is InChI=1S/C24H16F6N6O3/c25-23(26,27)12-3-5-13(6-4-12)33-19-14-7-8-16(18-15(24(28,29)30)2-1-10-31-18)34-20(14)36-21(35-19)22(39)32-11-9-17(37)38/h1-8,10H,9,11H2,(H,32,39)(H,37,38)(H,33,34,35,36). The van der Waals surface area contributed by atoms with Crippen LogP contribution in [0.1, 0.15) is 28.2 Å². The molecule has 0 unspecified atom stereocenters. The molecule has 9 nitrogen and oxygen atoms in total. The largest absolute Gasteiger partial charge is 0.481 e. The number of hydrogen-bond acceptors (Lipinski definition) is 7. The molecule has 0 saturated carbocycles. The van der Waals surface area contributed by atoms with Crippen LogP contribution in [0.3, 0.4) is 0 Å². The van der Waals surface area contributed by atoms with Gasteiger partial charge in [0.1, 0.15) is 11.5 Å². The van der Waals surface area contributed by atoms with Crippen molar-refractivity contribution < 1.29 is 41.0 Å². The molecule has 3 aromatic heterocycles. The lowest BCUT2D eigenvalue weighted by Crippen LogP contribution is -2.28. The monoisotopic (exact) mass is 550 g/mol. The summed E-state index contributed by atoms with van der Waals surface area (Å²) in [6, 6.07) is 8.37. The minimum atomic E-state index is -4.74. The number of pyridine rings is 2. The van der Waals surface area contributed by atoms with Gasteiger partial charge < -0.3 is 15.7 Å². The molecule has 0 fully saturated rings. The van der Waals surface area contributed by atoms with Crippen molar-refractivity contribution in [1.82, 2.24) is 25.3 Å². The number of halogens is 6. The van der Waals surface area contributed by atoms with E-state index in [-0.39, 0.29) is 34.8 Å². The molecule has 1 amide bonds. The highest BCUT2D eigenvalue weighted by molar-refractivity contribution is 5.96. The Morgan fingerprint density at radius 1 is 0.872 bits per heavy atom. The topological polar surface area (TPSA) is 130 Å². The van der Waals surface area contributed by atoms with Crippen LogP contribution < -0.4 is 10.6 Å². The van der Waals surface area contributed by atoms with E-state index in [4.69, 9.17) is 5.11 Å². The van der Waals surface area contributed by atoms with Gasteiger partial charge in [0.25, 0.3) is 5.91 Å². The molecule has 202 valence electrons. The molecule has 0 aliphatic carbocycles. The summed E-state index contributed by atoms with van der Waals surface area (Å²) in [5.41, 5.74) is -2.74. The minimum Gasteiger partial charge on any atom is -0.481 e. The average Bonchev–Trinajstić information content (AvgIpc) is 2.87. The van der Waals surface area contributed by atoms with Crippen molar-refractivity contribution in [2.75, 3.05) is 11.9 Å². The van der Waals surface area contributed by atoms with E-state index >= 15 is 0 Å². The first-order valence-electron chi connectivity index (χ1n) is 11.0. The Kier molecular flexibility index (Phi) is 7.34. The van der Waals surface area contributed by atoms with E-state index in [1.165, 1.54) is 12.1 Å². The van der Waals surface area contributed by atoms with E-state index in [1.54, 1.807) is 0 Å². The summed E-state index contributed by atoms with van der Waals surface area (Å²) in [6.07, 6.45) is -8.56. The zero-order valence-corrected chi connectivity index (χ0v) is 19.4. The summed E-state index contributed by atoms with van der Waals surface area (Å²) in [5, 5.41) is 14.0. The maximum absolute atomic E-state index is 13.5. The first kappa shape index (κ1) is 27.2. The van der Waals surface area contributed by atoms with Crippen LogP contribution in [0.25, 0.3) is 22.4 Å². The fourth-order valence-corrected chi connectivity index (χ4v) is 3.42. The third-order valence-electron chi connectivity index (χ3n) is 5.22. The number of carbonyl (C=O) groups excluding carboxylic acids is 1. The molecular weight excluding hydrogens is 534 g/mol. The number of hydrogen-bond donors (Lipinski definition) is 3. The van der Waals surface area contributed by atoms with Crippen molar-refractivity contribution in [3.63, 3.8) is 0 Å². The van der Waals surface area contributed by atoms with Gasteiger partial charge in [0.2, 0.25) is 5.82 Å². The van der Waals surface area contributed by atoms with Gasteiger partial charge in [-0.1, -0.05) is 0 Å². The number of rotatable bonds is 7. The fourth-order valence-electron chi connectivity index (χ4n) is 3.42. The fraction of sp³-hybridized carbons (Fsp3) is 0.167. The number of amides is 1. The van der Waals surface area contributed by atoms with E-state index in [1.807, 2.05) is 0 Å². The van der Waals surface area contributed by atoms with Gasteiger partial charge in [-0.15, -0.1) is 0 Å². The van der Waals surface area contributed by atoms with Crippen LogP contribution in [0.5, 0.6) is 0 Å². The van der Waals surface area contributed by atoms with Crippen LogP contribution in [-0.2, 0) is 17.1 Å². The van der Waals surface area contributed by atoms with Gasteiger partial charge in [-0.05, 0) is 48.5 Å². The van der Waals surface area contributed by atoms with E-state index < -0.39 is 53.3 Å². The number of anilines is 2. The number of aliphatic carboxylic acids is 1. The third-order valence-corrected chi connectivity index (χ3v) is 5.22. The lowest BCUT2D eigenvalue weighted by molar-refractivity contribution is -0.138. The summed E-state index contributed by atoms with van der Waals surface area (Å²) in [7, 11) is 0. The maximum Gasteiger partial charge on any atom is 0.418 e. The molecule has 0 aliphatic rings. The zero-order chi connectivity index (χ0) is 28.4. The molecule has 4 rings (SSSR count). The number of nitrogens with zero attached hydrogens (tertiary/aromatic N) is 4. The second-order valence-electron chi connectivity index (χ2n) is 7.96. The smallest absolute Gasteiger partial charge is 0.418 e. The molecule has 15 heteroatoms. The van der Waals surface area contributed by atoms with E-state index in [2.05, 4.69) is 30.6 Å². The second kappa shape index (κ2) is 10.5. The molecule has 0 radical (unpaired) electrons. The van der Waals surface area contributed by atoms with Gasteiger partial charge >= 0.3 is 18.3 Å². The number of nitrogens with one attached hydrogen (secondary N) is 2. The van der Waals surface area contributed by atoms with Gasteiger partial charge in [-0.3, -0.25) is 14.6 Å². The van der Waals surface area contributed by atoms with Crippen LogP contribution in [0.15, 0.2) is 54.7 Å². The van der Waals surface area contributed by atoms with Crippen LogP contribution in [0.4, 0.5) is 37.8 Å². The van der Waals surface area contributed by atoms with E-state index in [9.17, 15) is 35.9 Å². The maximum atomic E-state index is 13.5. The lowest BCUT2D eigenvalue weighted by atomic mass is 10.1. The highest BCUT2D eigenvalue weighted by Crippen LogP contribution is 2.36. The lowest BCUT2D eigenvalue weighted by Gasteiger charge is -2.14. The van der Waals surface area contributed by atoms with E-state index in [0.29, 0.717) is 0 Å². The Morgan fingerprint density at radius 3 is 2.23 bits per heavy atom. The number of carboxylic acid groups (broad SMARTS) is 1. The molecule has 0 atom stereocenters. The summed E-state index contributed by atoms with van der Waals surface area (Å²) in [4.78, 5) is 39.4. The van der Waals surface area contributed by atoms with Gasteiger partial charge in [0.05, 0.1) is 28.6 Å². The molecule has 1 aromatic carbocycles. The number of benzene rings is 1. The Bertz CT molecular complexity index is 1540. The quantitative estimate of drug-likeness (QED) is 0.272. The SMILES string of the molecule is O=C(O)CCNC(=O)c1nc(Nc2ccc(C(F)(F)F)cc2)c2ccc(-c3ncccc3C(F)(F)F)nc2n1. The van der Waals surface area contributed by atoms with E-state index in [0.717, 1.165) is 42.6 Å². The van der Waals surface area contributed by atoms with Crippen molar-refractivity contribution in [1.29, 1.82) is 0 Å². The summed E-state index contributed by atoms with van der Waals surface area (Å²) < 4.78 is 79.4. The molecule has 0 bridgehead atoms. The van der Waals surface area contributed by atoms with Crippen molar-refractivity contribution in [3.05, 3.63) is 71.7 Å². The summed E-state index contributed by atoms with van der Waals surface area (Å²) in [6.45, 7) is -0.270. The van der Waals surface area contributed by atoms with Gasteiger partial charge in [-0.25, -0.2) is 15.0 Å². The van der Waals surface area contributed by atoms with Crippen molar-refractivity contribution in [2.45, 2.75) is 18.8 Å². The Balaban J connectivity index is 1.79. The molecule has 39 heavy (non-hydrogen) atoms.